The highest BCUT2D eigenvalue weighted by molar-refractivity contribution is 6.36. The Bertz CT molecular complexity index is 913. The standard InChI is InChI=1S/C14H10ClN5O2/c15-10-6-5-9(7-3-1-2-4-8(7)10)11-12(20(21)22)13(16)19-14(17)18-11/h1-6H,(H4,16,17,18,19). The number of nitrogens with zero attached hydrogens (tertiary/aromatic N) is 3. The molecule has 3 rings (SSSR count). The average molecular weight is 316 g/mol. The summed E-state index contributed by atoms with van der Waals surface area (Å²) in [4.78, 5) is 18.4. The Kier molecular flexibility index (Phi) is 3.26. The fourth-order valence-corrected chi connectivity index (χ4v) is 2.55. The van der Waals surface area contributed by atoms with Crippen molar-refractivity contribution >= 4 is 39.8 Å². The van der Waals surface area contributed by atoms with Crippen LogP contribution in [0.3, 0.4) is 0 Å². The van der Waals surface area contributed by atoms with Crippen molar-refractivity contribution in [3.05, 3.63) is 51.5 Å². The van der Waals surface area contributed by atoms with Crippen molar-refractivity contribution in [3.8, 4) is 11.3 Å². The van der Waals surface area contributed by atoms with E-state index in [9.17, 15) is 10.1 Å². The first-order chi connectivity index (χ1) is 10.5. The summed E-state index contributed by atoms with van der Waals surface area (Å²) in [7, 11) is 0. The average Bonchev–Trinajstić information content (AvgIpc) is 2.46. The van der Waals surface area contributed by atoms with Gasteiger partial charge in [-0.05, 0) is 11.5 Å². The predicted molar refractivity (Wildman–Crippen MR) is 85.5 cm³/mol. The molecule has 3 aromatic rings. The molecule has 0 aliphatic carbocycles. The van der Waals surface area contributed by atoms with Gasteiger partial charge in [-0.15, -0.1) is 0 Å². The van der Waals surface area contributed by atoms with Gasteiger partial charge in [0.05, 0.1) is 4.92 Å². The maximum atomic E-state index is 11.3. The number of halogens is 1. The maximum Gasteiger partial charge on any atom is 0.337 e. The number of nitro groups is 1. The summed E-state index contributed by atoms with van der Waals surface area (Å²) in [6, 6.07) is 10.6. The molecule has 110 valence electrons. The van der Waals surface area contributed by atoms with Crippen LogP contribution in [0.5, 0.6) is 0 Å². The molecule has 22 heavy (non-hydrogen) atoms. The van der Waals surface area contributed by atoms with Crippen molar-refractivity contribution in [1.82, 2.24) is 9.97 Å². The van der Waals surface area contributed by atoms with Gasteiger partial charge >= 0.3 is 5.69 Å². The Morgan fingerprint density at radius 1 is 1.05 bits per heavy atom. The molecule has 0 amide bonds. The van der Waals surface area contributed by atoms with E-state index in [-0.39, 0.29) is 23.1 Å². The van der Waals surface area contributed by atoms with Gasteiger partial charge in [-0.25, -0.2) is 4.98 Å². The largest absolute Gasteiger partial charge is 0.378 e. The van der Waals surface area contributed by atoms with Crippen LogP contribution in [0, 0.1) is 10.1 Å². The number of anilines is 2. The second kappa shape index (κ2) is 5.12. The SMILES string of the molecule is Nc1nc(N)c([N+](=O)[O-])c(-c2ccc(Cl)c3ccccc23)n1. The van der Waals surface area contributed by atoms with Gasteiger partial charge in [0.25, 0.3) is 0 Å². The molecule has 4 N–H and O–H groups in total. The van der Waals surface area contributed by atoms with E-state index in [1.54, 1.807) is 18.2 Å². The summed E-state index contributed by atoms with van der Waals surface area (Å²) in [5, 5.41) is 13.3. The molecule has 2 aromatic carbocycles. The number of rotatable bonds is 2. The van der Waals surface area contributed by atoms with Crippen molar-refractivity contribution < 1.29 is 4.92 Å². The molecule has 0 fully saturated rings. The first kappa shape index (κ1) is 14.0. The highest BCUT2D eigenvalue weighted by Crippen LogP contribution is 2.38. The van der Waals surface area contributed by atoms with Gasteiger partial charge < -0.3 is 11.5 Å². The summed E-state index contributed by atoms with van der Waals surface area (Å²) in [5.41, 5.74) is 11.4. The first-order valence-electron chi connectivity index (χ1n) is 6.24. The molecular weight excluding hydrogens is 306 g/mol. The fourth-order valence-electron chi connectivity index (χ4n) is 2.33. The number of benzene rings is 2. The van der Waals surface area contributed by atoms with Crippen LogP contribution in [-0.4, -0.2) is 14.9 Å². The smallest absolute Gasteiger partial charge is 0.337 e. The van der Waals surface area contributed by atoms with Crippen molar-refractivity contribution in [2.75, 3.05) is 11.5 Å². The monoisotopic (exact) mass is 315 g/mol. The van der Waals surface area contributed by atoms with E-state index in [1.165, 1.54) is 0 Å². The Morgan fingerprint density at radius 2 is 1.73 bits per heavy atom. The van der Waals surface area contributed by atoms with Crippen LogP contribution in [0.15, 0.2) is 36.4 Å². The number of nitrogens with two attached hydrogens (primary N) is 2. The second-order valence-corrected chi connectivity index (χ2v) is 4.97. The molecule has 0 unspecified atom stereocenters. The molecule has 1 heterocycles. The maximum absolute atomic E-state index is 11.3. The number of fused-ring (bicyclic) bond motifs is 1. The van der Waals surface area contributed by atoms with E-state index in [0.717, 1.165) is 10.8 Å². The summed E-state index contributed by atoms with van der Waals surface area (Å²) >= 11 is 6.17. The number of nitrogen functional groups attached to an aromatic ring is 2. The Balaban J connectivity index is 2.43. The van der Waals surface area contributed by atoms with Crippen molar-refractivity contribution in [2.45, 2.75) is 0 Å². The number of hydrogen-bond donors (Lipinski definition) is 2. The van der Waals surface area contributed by atoms with E-state index in [0.29, 0.717) is 10.6 Å². The van der Waals surface area contributed by atoms with Gasteiger partial charge in [0.1, 0.15) is 0 Å². The van der Waals surface area contributed by atoms with Gasteiger partial charge in [-0.2, -0.15) is 4.98 Å². The Labute approximate surface area is 129 Å². The minimum atomic E-state index is -0.618. The highest BCUT2D eigenvalue weighted by Gasteiger charge is 2.25. The second-order valence-electron chi connectivity index (χ2n) is 4.56. The van der Waals surface area contributed by atoms with E-state index in [4.69, 9.17) is 23.1 Å². The van der Waals surface area contributed by atoms with Crippen LogP contribution in [0.1, 0.15) is 0 Å². The van der Waals surface area contributed by atoms with Crippen LogP contribution >= 0.6 is 11.6 Å². The molecule has 0 aliphatic rings. The predicted octanol–water partition coefficient (Wildman–Crippen LogP) is 3.02. The van der Waals surface area contributed by atoms with E-state index in [2.05, 4.69) is 9.97 Å². The summed E-state index contributed by atoms with van der Waals surface area (Å²) in [6.45, 7) is 0. The van der Waals surface area contributed by atoms with Gasteiger partial charge in [-0.1, -0.05) is 41.9 Å². The third-order valence-electron chi connectivity index (χ3n) is 3.24. The molecule has 0 saturated heterocycles. The Hall–Kier alpha value is -2.93. The molecular formula is C14H10ClN5O2. The highest BCUT2D eigenvalue weighted by atomic mass is 35.5. The molecule has 0 aliphatic heterocycles. The lowest BCUT2D eigenvalue weighted by atomic mass is 10.0. The first-order valence-corrected chi connectivity index (χ1v) is 6.62. The zero-order valence-electron chi connectivity index (χ0n) is 11.2. The lowest BCUT2D eigenvalue weighted by Gasteiger charge is -2.09. The molecule has 0 bridgehead atoms. The van der Waals surface area contributed by atoms with Crippen molar-refractivity contribution in [3.63, 3.8) is 0 Å². The third-order valence-corrected chi connectivity index (χ3v) is 3.57. The normalized spacial score (nSPS) is 10.8. The number of hydrogen-bond acceptors (Lipinski definition) is 6. The molecule has 0 spiro atoms. The van der Waals surface area contributed by atoms with Crippen LogP contribution in [-0.2, 0) is 0 Å². The Morgan fingerprint density at radius 3 is 2.41 bits per heavy atom. The van der Waals surface area contributed by atoms with E-state index >= 15 is 0 Å². The van der Waals surface area contributed by atoms with Crippen LogP contribution in [0.4, 0.5) is 17.5 Å². The molecule has 0 radical (unpaired) electrons. The summed E-state index contributed by atoms with van der Waals surface area (Å²) in [5.74, 6) is -0.399. The third kappa shape index (κ3) is 2.17. The number of aromatic nitrogens is 2. The molecule has 1 aromatic heterocycles. The van der Waals surface area contributed by atoms with Gasteiger partial charge in [0.2, 0.25) is 11.8 Å². The minimum Gasteiger partial charge on any atom is -0.378 e. The summed E-state index contributed by atoms with van der Waals surface area (Å²) < 4.78 is 0. The molecule has 8 heteroatoms. The zero-order chi connectivity index (χ0) is 15.9. The summed E-state index contributed by atoms with van der Waals surface area (Å²) in [6.07, 6.45) is 0. The lowest BCUT2D eigenvalue weighted by molar-refractivity contribution is -0.383. The van der Waals surface area contributed by atoms with E-state index < -0.39 is 4.92 Å². The van der Waals surface area contributed by atoms with Gasteiger partial charge in [-0.3, -0.25) is 10.1 Å². The fraction of sp³-hybridized carbons (Fsp3) is 0. The zero-order valence-corrected chi connectivity index (χ0v) is 11.9. The quantitative estimate of drug-likeness (QED) is 0.553. The van der Waals surface area contributed by atoms with Crippen molar-refractivity contribution in [2.24, 2.45) is 0 Å². The van der Waals surface area contributed by atoms with Crippen LogP contribution in [0.25, 0.3) is 22.0 Å². The minimum absolute atomic E-state index is 0.0721. The van der Waals surface area contributed by atoms with E-state index in [1.807, 2.05) is 18.2 Å². The van der Waals surface area contributed by atoms with Crippen LogP contribution < -0.4 is 11.5 Å². The molecule has 0 saturated carbocycles. The molecule has 7 nitrogen and oxygen atoms in total. The van der Waals surface area contributed by atoms with Crippen molar-refractivity contribution in [1.29, 1.82) is 0 Å². The van der Waals surface area contributed by atoms with Gasteiger partial charge in [0.15, 0.2) is 5.69 Å². The lowest BCUT2D eigenvalue weighted by Crippen LogP contribution is -2.06. The van der Waals surface area contributed by atoms with Crippen LogP contribution in [0.2, 0.25) is 5.02 Å². The van der Waals surface area contributed by atoms with Gasteiger partial charge in [0, 0.05) is 16.0 Å². The molecule has 0 atom stereocenters. The topological polar surface area (TPSA) is 121 Å².